The van der Waals surface area contributed by atoms with Crippen LogP contribution < -0.4 is 15.4 Å². The van der Waals surface area contributed by atoms with Gasteiger partial charge in [0.05, 0.1) is 7.11 Å². The van der Waals surface area contributed by atoms with Crippen LogP contribution in [-0.2, 0) is 6.42 Å². The summed E-state index contributed by atoms with van der Waals surface area (Å²) in [6.07, 6.45) is 0.586. The lowest BCUT2D eigenvalue weighted by atomic mass is 10.0. The Bertz CT molecular complexity index is 1300. The second-order valence-electron chi connectivity index (χ2n) is 8.00. The number of ether oxygens (including phenoxy) is 1. The van der Waals surface area contributed by atoms with Crippen molar-refractivity contribution in [3.8, 4) is 5.75 Å². The summed E-state index contributed by atoms with van der Waals surface area (Å²) in [6, 6.07) is 20.8. The largest absolute Gasteiger partial charge is 0.497 e. The number of amides is 1. The van der Waals surface area contributed by atoms with Crippen LogP contribution in [0.4, 0.5) is 5.69 Å². The Morgan fingerprint density at radius 2 is 1.88 bits per heavy atom. The molecular formula is C26H25N3O3S. The number of oxazole rings is 1. The Kier molecular flexibility index (Phi) is 6.70. The van der Waals surface area contributed by atoms with Gasteiger partial charge in [-0.25, -0.2) is 4.98 Å². The molecule has 0 fully saturated rings. The molecule has 7 heteroatoms. The summed E-state index contributed by atoms with van der Waals surface area (Å²) in [5.74, 6) is 1.42. The Hall–Kier alpha value is -3.71. The first-order valence-electron chi connectivity index (χ1n) is 10.7. The summed E-state index contributed by atoms with van der Waals surface area (Å²) in [4.78, 5) is 17.0. The zero-order valence-corrected chi connectivity index (χ0v) is 19.5. The van der Waals surface area contributed by atoms with E-state index in [1.54, 1.807) is 31.4 Å². The summed E-state index contributed by atoms with van der Waals surface area (Å²) >= 11 is 5.28. The molecule has 0 aliphatic rings. The molecular weight excluding hydrogens is 434 g/mol. The van der Waals surface area contributed by atoms with Gasteiger partial charge in [0.15, 0.2) is 16.6 Å². The van der Waals surface area contributed by atoms with Gasteiger partial charge < -0.3 is 14.5 Å². The van der Waals surface area contributed by atoms with E-state index in [0.717, 1.165) is 22.4 Å². The quantitative estimate of drug-likeness (QED) is 0.362. The van der Waals surface area contributed by atoms with Crippen molar-refractivity contribution in [1.29, 1.82) is 0 Å². The Morgan fingerprint density at radius 1 is 1.09 bits per heavy atom. The molecule has 0 aliphatic heterocycles. The van der Waals surface area contributed by atoms with E-state index in [4.69, 9.17) is 21.4 Å². The van der Waals surface area contributed by atoms with Crippen LogP contribution in [0.15, 0.2) is 71.1 Å². The summed E-state index contributed by atoms with van der Waals surface area (Å²) in [7, 11) is 1.56. The molecule has 0 saturated heterocycles. The van der Waals surface area contributed by atoms with Gasteiger partial charge in [-0.1, -0.05) is 38.1 Å². The molecule has 2 N–H and O–H groups in total. The van der Waals surface area contributed by atoms with Gasteiger partial charge in [0.1, 0.15) is 11.3 Å². The molecule has 3 aromatic carbocycles. The molecule has 0 radical (unpaired) electrons. The summed E-state index contributed by atoms with van der Waals surface area (Å²) < 4.78 is 11.1. The third kappa shape index (κ3) is 5.56. The summed E-state index contributed by atoms with van der Waals surface area (Å²) in [5, 5.41) is 5.93. The number of hydrogen-bond donors (Lipinski definition) is 2. The first-order chi connectivity index (χ1) is 15.9. The predicted molar refractivity (Wildman–Crippen MR) is 134 cm³/mol. The highest BCUT2D eigenvalue weighted by Crippen LogP contribution is 2.23. The smallest absolute Gasteiger partial charge is 0.257 e. The number of fused-ring (bicyclic) bond motifs is 1. The zero-order chi connectivity index (χ0) is 23.4. The molecule has 1 aromatic heterocycles. The van der Waals surface area contributed by atoms with Crippen LogP contribution in [0.2, 0.25) is 0 Å². The third-order valence-corrected chi connectivity index (χ3v) is 5.45. The topological polar surface area (TPSA) is 76.4 Å². The number of rotatable bonds is 6. The molecule has 0 atom stereocenters. The highest BCUT2D eigenvalue weighted by Gasteiger charge is 2.11. The van der Waals surface area contributed by atoms with Crippen molar-refractivity contribution in [2.24, 2.45) is 0 Å². The number of hydrogen-bond acceptors (Lipinski definition) is 5. The maximum Gasteiger partial charge on any atom is 0.257 e. The number of anilines is 1. The van der Waals surface area contributed by atoms with Gasteiger partial charge in [0, 0.05) is 17.7 Å². The van der Waals surface area contributed by atoms with Crippen molar-refractivity contribution >= 4 is 40.0 Å². The molecule has 6 nitrogen and oxygen atoms in total. The molecule has 4 aromatic rings. The van der Waals surface area contributed by atoms with E-state index in [0.29, 0.717) is 29.5 Å². The van der Waals surface area contributed by atoms with Crippen molar-refractivity contribution in [3.63, 3.8) is 0 Å². The van der Waals surface area contributed by atoms with Gasteiger partial charge in [-0.15, -0.1) is 0 Å². The lowest BCUT2D eigenvalue weighted by molar-refractivity contribution is 0.0977. The summed E-state index contributed by atoms with van der Waals surface area (Å²) in [5.41, 5.74) is 5.22. The lowest BCUT2D eigenvalue weighted by Gasteiger charge is -2.10. The molecule has 168 valence electrons. The number of nitrogens with zero attached hydrogens (tertiary/aromatic N) is 1. The lowest BCUT2D eigenvalue weighted by Crippen LogP contribution is -2.34. The maximum atomic E-state index is 12.4. The molecule has 33 heavy (non-hydrogen) atoms. The molecule has 0 spiro atoms. The fraction of sp³-hybridized carbons (Fsp3) is 0.192. The highest BCUT2D eigenvalue weighted by molar-refractivity contribution is 7.80. The monoisotopic (exact) mass is 459 g/mol. The third-order valence-electron chi connectivity index (χ3n) is 5.25. The first-order valence-corrected chi connectivity index (χ1v) is 11.1. The standard InChI is InChI=1S/C26H25N3O3S/c1-16(2)18-9-12-23-22(15-18)28-24(32-23)13-17-7-10-20(11-8-17)27-26(33)29-25(30)19-5-4-6-21(14-19)31-3/h4-12,14-16H,13H2,1-3H3,(H2,27,29,30,33). The minimum absolute atomic E-state index is 0.218. The number of nitrogens with one attached hydrogen (secondary N) is 2. The van der Waals surface area contributed by atoms with E-state index in [9.17, 15) is 4.79 Å². The van der Waals surface area contributed by atoms with E-state index in [-0.39, 0.29) is 11.0 Å². The normalized spacial score (nSPS) is 10.9. The fourth-order valence-corrected chi connectivity index (χ4v) is 3.62. The van der Waals surface area contributed by atoms with Crippen molar-refractivity contribution in [1.82, 2.24) is 10.3 Å². The van der Waals surface area contributed by atoms with Crippen molar-refractivity contribution in [2.75, 3.05) is 12.4 Å². The number of benzene rings is 3. The Balaban J connectivity index is 1.36. The molecule has 4 rings (SSSR count). The van der Waals surface area contributed by atoms with Gasteiger partial charge in [-0.3, -0.25) is 10.1 Å². The van der Waals surface area contributed by atoms with E-state index >= 15 is 0 Å². The van der Waals surface area contributed by atoms with Crippen LogP contribution in [0.25, 0.3) is 11.1 Å². The van der Waals surface area contributed by atoms with Crippen LogP contribution in [0.3, 0.4) is 0 Å². The second-order valence-corrected chi connectivity index (χ2v) is 8.41. The molecule has 1 amide bonds. The predicted octanol–water partition coefficient (Wildman–Crippen LogP) is 5.68. The fourth-order valence-electron chi connectivity index (χ4n) is 3.41. The molecule has 0 aliphatic carbocycles. The SMILES string of the molecule is COc1cccc(C(=O)NC(=S)Nc2ccc(Cc3nc4cc(C(C)C)ccc4o3)cc2)c1. The van der Waals surface area contributed by atoms with Gasteiger partial charge in [0.25, 0.3) is 5.91 Å². The van der Waals surface area contributed by atoms with E-state index < -0.39 is 0 Å². The Morgan fingerprint density at radius 3 is 2.61 bits per heavy atom. The number of thiocarbonyl (C=S) groups is 1. The number of methoxy groups -OCH3 is 1. The zero-order valence-electron chi connectivity index (χ0n) is 18.7. The second kappa shape index (κ2) is 9.83. The number of aromatic nitrogens is 1. The molecule has 0 saturated carbocycles. The average Bonchev–Trinajstić information content (AvgIpc) is 3.21. The van der Waals surface area contributed by atoms with Crippen molar-refractivity contribution in [2.45, 2.75) is 26.2 Å². The van der Waals surface area contributed by atoms with Crippen LogP contribution in [0, 0.1) is 0 Å². The van der Waals surface area contributed by atoms with Crippen molar-refractivity contribution in [3.05, 3.63) is 89.3 Å². The minimum atomic E-state index is -0.306. The van der Waals surface area contributed by atoms with Crippen LogP contribution in [-0.4, -0.2) is 23.1 Å². The molecule has 1 heterocycles. The number of carbonyl (C=O) groups excluding carboxylic acids is 1. The first kappa shape index (κ1) is 22.5. The highest BCUT2D eigenvalue weighted by atomic mass is 32.1. The van der Waals surface area contributed by atoms with Gasteiger partial charge in [0.2, 0.25) is 0 Å². The van der Waals surface area contributed by atoms with E-state index in [1.807, 2.05) is 30.3 Å². The van der Waals surface area contributed by atoms with Gasteiger partial charge in [-0.05, 0) is 71.7 Å². The Labute approximate surface area is 198 Å². The van der Waals surface area contributed by atoms with E-state index in [1.165, 1.54) is 5.56 Å². The number of carbonyl (C=O) groups is 1. The molecule has 0 bridgehead atoms. The van der Waals surface area contributed by atoms with Crippen LogP contribution >= 0.6 is 12.2 Å². The molecule has 0 unspecified atom stereocenters. The van der Waals surface area contributed by atoms with Crippen LogP contribution in [0.5, 0.6) is 5.75 Å². The van der Waals surface area contributed by atoms with Gasteiger partial charge >= 0.3 is 0 Å². The minimum Gasteiger partial charge on any atom is -0.497 e. The summed E-state index contributed by atoms with van der Waals surface area (Å²) in [6.45, 7) is 4.32. The van der Waals surface area contributed by atoms with Crippen LogP contribution in [0.1, 0.15) is 47.1 Å². The maximum absolute atomic E-state index is 12.4. The average molecular weight is 460 g/mol. The van der Waals surface area contributed by atoms with Gasteiger partial charge in [-0.2, -0.15) is 0 Å². The van der Waals surface area contributed by atoms with E-state index in [2.05, 4.69) is 41.6 Å². The van der Waals surface area contributed by atoms with Crippen molar-refractivity contribution < 1.29 is 13.9 Å².